The quantitative estimate of drug-likeness (QED) is 0.778. The van der Waals surface area contributed by atoms with Gasteiger partial charge in [-0.15, -0.1) is 11.6 Å². The molecular formula is C15H13ClF3NO. The number of carbonyl (C=O) groups excluding carboxylic acids is 1. The first-order valence-electron chi connectivity index (χ1n) is 6.31. The zero-order valence-corrected chi connectivity index (χ0v) is 11.8. The lowest BCUT2D eigenvalue weighted by Gasteiger charge is -2.23. The molecule has 112 valence electrons. The van der Waals surface area contributed by atoms with Crippen molar-refractivity contribution in [1.82, 2.24) is 4.90 Å². The Balaban J connectivity index is 2.29. The summed E-state index contributed by atoms with van der Waals surface area (Å²) in [6.45, 7) is -1.45. The van der Waals surface area contributed by atoms with Crippen molar-refractivity contribution in [3.63, 3.8) is 0 Å². The van der Waals surface area contributed by atoms with Crippen LogP contribution in [-0.2, 0) is 0 Å². The number of halogens is 4. The lowest BCUT2D eigenvalue weighted by atomic mass is 10.1. The van der Waals surface area contributed by atoms with Crippen LogP contribution in [0.5, 0.6) is 0 Å². The Kier molecular flexibility index (Phi) is 4.73. The van der Waals surface area contributed by atoms with Gasteiger partial charge in [-0.3, -0.25) is 4.79 Å². The number of hydrogen-bond acceptors (Lipinski definition) is 1. The number of hydrogen-bond donors (Lipinski definition) is 0. The van der Waals surface area contributed by atoms with E-state index in [1.807, 2.05) is 24.3 Å². The fourth-order valence-electron chi connectivity index (χ4n) is 2.08. The maximum absolute atomic E-state index is 12.5. The van der Waals surface area contributed by atoms with E-state index >= 15 is 0 Å². The van der Waals surface area contributed by atoms with Crippen LogP contribution in [0.3, 0.4) is 0 Å². The Bertz CT molecular complexity index is 642. The first-order chi connectivity index (χ1) is 9.90. The molecule has 0 aliphatic heterocycles. The minimum Gasteiger partial charge on any atom is -0.328 e. The number of fused-ring (bicyclic) bond motifs is 1. The van der Waals surface area contributed by atoms with Gasteiger partial charge in [0.05, 0.1) is 0 Å². The van der Waals surface area contributed by atoms with Crippen LogP contribution in [0.2, 0.25) is 0 Å². The molecule has 0 N–H and O–H groups in total. The summed E-state index contributed by atoms with van der Waals surface area (Å²) in [5.41, 5.74) is 0.225. The van der Waals surface area contributed by atoms with Gasteiger partial charge in [0.25, 0.3) is 5.91 Å². The lowest BCUT2D eigenvalue weighted by Crippen LogP contribution is -2.40. The van der Waals surface area contributed by atoms with Crippen molar-refractivity contribution in [3.8, 4) is 0 Å². The van der Waals surface area contributed by atoms with Crippen LogP contribution in [-0.4, -0.2) is 36.0 Å². The highest BCUT2D eigenvalue weighted by atomic mass is 35.5. The molecule has 1 amide bonds. The molecule has 21 heavy (non-hydrogen) atoms. The SMILES string of the molecule is O=C(c1ccc2ccccc2c1)N(CCCl)CC(F)(F)F. The summed E-state index contributed by atoms with van der Waals surface area (Å²) in [6.07, 6.45) is -4.45. The molecule has 0 saturated carbocycles. The molecule has 6 heteroatoms. The molecule has 2 aromatic rings. The van der Waals surface area contributed by atoms with Gasteiger partial charge < -0.3 is 4.90 Å². The summed E-state index contributed by atoms with van der Waals surface area (Å²) in [5.74, 6) is -0.714. The number of amides is 1. The molecule has 0 fully saturated rings. The van der Waals surface area contributed by atoms with Crippen molar-refractivity contribution in [3.05, 3.63) is 48.0 Å². The molecular weight excluding hydrogens is 303 g/mol. The Morgan fingerprint density at radius 3 is 2.38 bits per heavy atom. The molecule has 0 aliphatic carbocycles. The van der Waals surface area contributed by atoms with Crippen LogP contribution < -0.4 is 0 Å². The van der Waals surface area contributed by atoms with Crippen molar-refractivity contribution < 1.29 is 18.0 Å². The van der Waals surface area contributed by atoms with E-state index in [9.17, 15) is 18.0 Å². The summed E-state index contributed by atoms with van der Waals surface area (Å²) >= 11 is 5.49. The number of benzene rings is 2. The molecule has 0 unspecified atom stereocenters. The maximum Gasteiger partial charge on any atom is 0.406 e. The average molecular weight is 316 g/mol. The number of carbonyl (C=O) groups is 1. The minimum atomic E-state index is -4.45. The van der Waals surface area contributed by atoms with Crippen molar-refractivity contribution in [2.24, 2.45) is 0 Å². The second kappa shape index (κ2) is 6.35. The molecule has 0 radical (unpaired) electrons. The minimum absolute atomic E-state index is 0.0462. The molecule has 0 atom stereocenters. The summed E-state index contributed by atoms with van der Waals surface area (Å²) in [5, 5.41) is 1.73. The van der Waals surface area contributed by atoms with Gasteiger partial charge >= 0.3 is 6.18 Å². The van der Waals surface area contributed by atoms with E-state index in [0.717, 1.165) is 15.7 Å². The lowest BCUT2D eigenvalue weighted by molar-refractivity contribution is -0.140. The normalized spacial score (nSPS) is 11.6. The highest BCUT2D eigenvalue weighted by Crippen LogP contribution is 2.20. The second-order valence-corrected chi connectivity index (χ2v) is 4.97. The highest BCUT2D eigenvalue weighted by Gasteiger charge is 2.33. The third-order valence-electron chi connectivity index (χ3n) is 3.01. The monoisotopic (exact) mass is 315 g/mol. The largest absolute Gasteiger partial charge is 0.406 e. The standard InChI is InChI=1S/C15H13ClF3NO/c16-7-8-20(10-15(17,18)19)14(21)13-6-5-11-3-1-2-4-12(11)9-13/h1-6,9H,7-8,10H2. The number of alkyl halides is 4. The van der Waals surface area contributed by atoms with Gasteiger partial charge in [-0.1, -0.05) is 30.3 Å². The first kappa shape index (κ1) is 15.6. The van der Waals surface area contributed by atoms with Crippen molar-refractivity contribution in [1.29, 1.82) is 0 Å². The van der Waals surface area contributed by atoms with Gasteiger partial charge in [-0.05, 0) is 22.9 Å². The summed E-state index contributed by atoms with van der Waals surface area (Å²) < 4.78 is 37.6. The average Bonchev–Trinajstić information content (AvgIpc) is 2.44. The van der Waals surface area contributed by atoms with Crippen LogP contribution in [0.1, 0.15) is 10.4 Å². The smallest absolute Gasteiger partial charge is 0.328 e. The topological polar surface area (TPSA) is 20.3 Å². The molecule has 0 aliphatic rings. The van der Waals surface area contributed by atoms with Crippen LogP contribution in [0, 0.1) is 0 Å². The summed E-state index contributed by atoms with van der Waals surface area (Å²) in [7, 11) is 0. The predicted octanol–water partition coefficient (Wildman–Crippen LogP) is 4.08. The second-order valence-electron chi connectivity index (χ2n) is 4.59. The van der Waals surface area contributed by atoms with E-state index < -0.39 is 18.6 Å². The van der Waals surface area contributed by atoms with Crippen LogP contribution >= 0.6 is 11.6 Å². The predicted molar refractivity (Wildman–Crippen MR) is 76.6 cm³/mol. The fraction of sp³-hybridized carbons (Fsp3) is 0.267. The third kappa shape index (κ3) is 4.11. The van der Waals surface area contributed by atoms with Gasteiger partial charge in [-0.25, -0.2) is 0 Å². The van der Waals surface area contributed by atoms with E-state index in [2.05, 4.69) is 0 Å². The fourth-order valence-corrected chi connectivity index (χ4v) is 2.28. The molecule has 2 nitrogen and oxygen atoms in total. The third-order valence-corrected chi connectivity index (χ3v) is 3.18. The molecule has 0 saturated heterocycles. The number of rotatable bonds is 4. The van der Waals surface area contributed by atoms with E-state index in [1.165, 1.54) is 6.07 Å². The van der Waals surface area contributed by atoms with E-state index in [4.69, 9.17) is 11.6 Å². The molecule has 0 bridgehead atoms. The highest BCUT2D eigenvalue weighted by molar-refractivity contribution is 6.18. The van der Waals surface area contributed by atoms with Crippen LogP contribution in [0.15, 0.2) is 42.5 Å². The van der Waals surface area contributed by atoms with Gasteiger partial charge in [0.2, 0.25) is 0 Å². The zero-order chi connectivity index (χ0) is 15.5. The van der Waals surface area contributed by atoms with Crippen molar-refractivity contribution >= 4 is 28.3 Å². The van der Waals surface area contributed by atoms with Gasteiger partial charge in [0.1, 0.15) is 6.54 Å². The van der Waals surface area contributed by atoms with Gasteiger partial charge in [0, 0.05) is 18.0 Å². The van der Waals surface area contributed by atoms with E-state index in [0.29, 0.717) is 0 Å². The van der Waals surface area contributed by atoms with Gasteiger partial charge in [-0.2, -0.15) is 13.2 Å². The first-order valence-corrected chi connectivity index (χ1v) is 6.85. The maximum atomic E-state index is 12.5. The summed E-state index contributed by atoms with van der Waals surface area (Å²) in [6, 6.07) is 12.2. The summed E-state index contributed by atoms with van der Waals surface area (Å²) in [4.78, 5) is 12.9. The molecule has 2 rings (SSSR count). The van der Waals surface area contributed by atoms with E-state index in [-0.39, 0.29) is 18.0 Å². The Labute approximate surface area is 125 Å². The molecule has 2 aromatic carbocycles. The number of nitrogens with zero attached hydrogens (tertiary/aromatic N) is 1. The van der Waals surface area contributed by atoms with Crippen LogP contribution in [0.25, 0.3) is 10.8 Å². The Morgan fingerprint density at radius 1 is 1.10 bits per heavy atom. The zero-order valence-electron chi connectivity index (χ0n) is 11.0. The Hall–Kier alpha value is -1.75. The molecule has 0 spiro atoms. The van der Waals surface area contributed by atoms with Crippen LogP contribution in [0.4, 0.5) is 13.2 Å². The van der Waals surface area contributed by atoms with E-state index in [1.54, 1.807) is 12.1 Å². The van der Waals surface area contributed by atoms with Crippen molar-refractivity contribution in [2.45, 2.75) is 6.18 Å². The molecule has 0 aromatic heterocycles. The van der Waals surface area contributed by atoms with Gasteiger partial charge in [0.15, 0.2) is 0 Å². The molecule has 0 heterocycles. The Morgan fingerprint density at radius 2 is 1.76 bits per heavy atom. The van der Waals surface area contributed by atoms with Crippen molar-refractivity contribution in [2.75, 3.05) is 19.0 Å².